The van der Waals surface area contributed by atoms with E-state index in [1.54, 1.807) is 0 Å². The van der Waals surface area contributed by atoms with Gasteiger partial charge in [-0.1, -0.05) is 11.6 Å². The van der Waals surface area contributed by atoms with Crippen LogP contribution in [0.3, 0.4) is 0 Å². The number of Topliss-reactive ketones (excluding diaryl/α,β-unsaturated/α-hetero) is 1. The standard InChI is InChI=1S/C12H9ClFNO/c13-7-4-5-8(14)10-6-2-1-3-9(16)11(6)15-12(7)10/h4-5,15H,1-3H2. The molecule has 0 unspecified atom stereocenters. The van der Waals surface area contributed by atoms with E-state index in [4.69, 9.17) is 11.6 Å². The van der Waals surface area contributed by atoms with Crippen LogP contribution < -0.4 is 0 Å². The normalized spacial score (nSPS) is 15.5. The molecule has 1 aromatic heterocycles. The minimum atomic E-state index is -0.313. The van der Waals surface area contributed by atoms with Gasteiger partial charge < -0.3 is 4.98 Å². The van der Waals surface area contributed by atoms with Crippen molar-refractivity contribution in [1.82, 2.24) is 4.98 Å². The Morgan fingerprint density at radius 3 is 2.94 bits per heavy atom. The van der Waals surface area contributed by atoms with Crippen molar-refractivity contribution in [3.63, 3.8) is 0 Å². The maximum absolute atomic E-state index is 13.7. The van der Waals surface area contributed by atoms with Crippen molar-refractivity contribution in [1.29, 1.82) is 0 Å². The molecule has 1 N–H and O–H groups in total. The topological polar surface area (TPSA) is 32.9 Å². The number of H-pyrrole nitrogens is 1. The summed E-state index contributed by atoms with van der Waals surface area (Å²) < 4.78 is 13.7. The third-order valence-electron chi connectivity index (χ3n) is 3.07. The molecule has 0 aliphatic heterocycles. The van der Waals surface area contributed by atoms with E-state index < -0.39 is 0 Å². The van der Waals surface area contributed by atoms with Crippen molar-refractivity contribution in [3.8, 4) is 0 Å². The molecule has 0 radical (unpaired) electrons. The highest BCUT2D eigenvalue weighted by molar-refractivity contribution is 6.35. The Bertz CT molecular complexity index is 603. The van der Waals surface area contributed by atoms with Gasteiger partial charge in [0.2, 0.25) is 0 Å². The van der Waals surface area contributed by atoms with E-state index in [2.05, 4.69) is 4.98 Å². The molecule has 0 amide bonds. The fraction of sp³-hybridized carbons (Fsp3) is 0.250. The van der Waals surface area contributed by atoms with Crippen LogP contribution in [0.4, 0.5) is 4.39 Å². The second-order valence-electron chi connectivity index (χ2n) is 4.03. The molecule has 82 valence electrons. The van der Waals surface area contributed by atoms with Crippen molar-refractivity contribution in [2.75, 3.05) is 0 Å². The van der Waals surface area contributed by atoms with Crippen LogP contribution in [0.25, 0.3) is 10.9 Å². The summed E-state index contributed by atoms with van der Waals surface area (Å²) in [5.41, 5.74) is 1.86. The van der Waals surface area contributed by atoms with E-state index in [0.717, 1.165) is 18.4 Å². The summed E-state index contributed by atoms with van der Waals surface area (Å²) in [6.45, 7) is 0. The van der Waals surface area contributed by atoms with Crippen LogP contribution in [-0.2, 0) is 6.42 Å². The lowest BCUT2D eigenvalue weighted by Crippen LogP contribution is -2.09. The quantitative estimate of drug-likeness (QED) is 0.748. The minimum Gasteiger partial charge on any atom is -0.351 e. The number of carbonyl (C=O) groups excluding carboxylic acids is 1. The number of fused-ring (bicyclic) bond motifs is 3. The lowest BCUT2D eigenvalue weighted by atomic mass is 9.94. The summed E-state index contributed by atoms with van der Waals surface area (Å²) >= 11 is 5.99. The van der Waals surface area contributed by atoms with Crippen LogP contribution in [0.1, 0.15) is 28.9 Å². The van der Waals surface area contributed by atoms with Crippen molar-refractivity contribution in [2.45, 2.75) is 19.3 Å². The predicted octanol–water partition coefficient (Wildman–Crippen LogP) is 3.48. The van der Waals surface area contributed by atoms with Crippen molar-refractivity contribution in [2.24, 2.45) is 0 Å². The first-order valence-electron chi connectivity index (χ1n) is 5.20. The van der Waals surface area contributed by atoms with Gasteiger partial charge in [0.15, 0.2) is 5.78 Å². The Labute approximate surface area is 96.4 Å². The van der Waals surface area contributed by atoms with E-state index in [9.17, 15) is 9.18 Å². The van der Waals surface area contributed by atoms with Gasteiger partial charge in [-0.05, 0) is 30.5 Å². The number of rotatable bonds is 0. The third-order valence-corrected chi connectivity index (χ3v) is 3.38. The molecule has 1 aromatic carbocycles. The molecule has 4 heteroatoms. The van der Waals surface area contributed by atoms with Crippen LogP contribution in [0.15, 0.2) is 12.1 Å². The van der Waals surface area contributed by atoms with E-state index in [-0.39, 0.29) is 11.6 Å². The number of nitrogens with one attached hydrogen (secondary N) is 1. The molecule has 2 nitrogen and oxygen atoms in total. The number of halogens is 2. The first kappa shape index (κ1) is 9.85. The second kappa shape index (κ2) is 3.32. The number of hydrogen-bond acceptors (Lipinski definition) is 1. The van der Waals surface area contributed by atoms with Crippen molar-refractivity contribution < 1.29 is 9.18 Å². The zero-order valence-electron chi connectivity index (χ0n) is 8.44. The van der Waals surface area contributed by atoms with Gasteiger partial charge in [-0.3, -0.25) is 4.79 Å². The fourth-order valence-electron chi connectivity index (χ4n) is 2.33. The number of ketones is 1. The van der Waals surface area contributed by atoms with Gasteiger partial charge in [0.05, 0.1) is 16.2 Å². The van der Waals surface area contributed by atoms with Crippen LogP contribution in [0.2, 0.25) is 5.02 Å². The van der Waals surface area contributed by atoms with Gasteiger partial charge in [-0.25, -0.2) is 4.39 Å². The van der Waals surface area contributed by atoms with Gasteiger partial charge >= 0.3 is 0 Å². The first-order chi connectivity index (χ1) is 7.68. The molecule has 1 aliphatic carbocycles. The van der Waals surface area contributed by atoms with Gasteiger partial charge in [0, 0.05) is 11.8 Å². The fourth-order valence-corrected chi connectivity index (χ4v) is 2.54. The number of carbonyl (C=O) groups is 1. The molecule has 0 atom stereocenters. The minimum absolute atomic E-state index is 0.0490. The summed E-state index contributed by atoms with van der Waals surface area (Å²) in [7, 11) is 0. The number of hydrogen-bond donors (Lipinski definition) is 1. The summed E-state index contributed by atoms with van der Waals surface area (Å²) in [5, 5.41) is 0.939. The molecule has 0 fully saturated rings. The van der Waals surface area contributed by atoms with Gasteiger partial charge in [0.1, 0.15) is 5.82 Å². The highest BCUT2D eigenvalue weighted by Gasteiger charge is 2.24. The molecule has 2 aromatic rings. The molecular weight excluding hydrogens is 229 g/mol. The molecule has 0 saturated carbocycles. The second-order valence-corrected chi connectivity index (χ2v) is 4.44. The Kier molecular flexibility index (Phi) is 2.04. The van der Waals surface area contributed by atoms with Crippen LogP contribution in [0, 0.1) is 5.82 Å². The molecule has 0 spiro atoms. The van der Waals surface area contributed by atoms with E-state index in [1.807, 2.05) is 0 Å². The van der Waals surface area contributed by atoms with Crippen LogP contribution in [-0.4, -0.2) is 10.8 Å². The zero-order chi connectivity index (χ0) is 11.3. The Balaban J connectivity index is 2.45. The summed E-state index contributed by atoms with van der Waals surface area (Å²) in [5.74, 6) is -0.264. The zero-order valence-corrected chi connectivity index (χ0v) is 9.20. The average molecular weight is 238 g/mol. The van der Waals surface area contributed by atoms with Gasteiger partial charge in [-0.15, -0.1) is 0 Å². The number of aryl methyl sites for hydroxylation is 1. The number of aromatic amines is 1. The molecule has 3 rings (SSSR count). The van der Waals surface area contributed by atoms with Crippen LogP contribution >= 0.6 is 11.6 Å². The first-order valence-corrected chi connectivity index (χ1v) is 5.58. The van der Waals surface area contributed by atoms with Gasteiger partial charge in [-0.2, -0.15) is 0 Å². The largest absolute Gasteiger partial charge is 0.351 e. The maximum atomic E-state index is 13.7. The summed E-state index contributed by atoms with van der Waals surface area (Å²) in [4.78, 5) is 14.6. The predicted molar refractivity (Wildman–Crippen MR) is 60.5 cm³/mol. The van der Waals surface area contributed by atoms with Crippen LogP contribution in [0.5, 0.6) is 0 Å². The number of aromatic nitrogens is 1. The monoisotopic (exact) mass is 237 g/mol. The highest BCUT2D eigenvalue weighted by Crippen LogP contribution is 2.34. The smallest absolute Gasteiger partial charge is 0.179 e. The molecule has 1 heterocycles. The van der Waals surface area contributed by atoms with E-state index >= 15 is 0 Å². The lowest BCUT2D eigenvalue weighted by Gasteiger charge is -2.09. The van der Waals surface area contributed by atoms with E-state index in [1.165, 1.54) is 12.1 Å². The Morgan fingerprint density at radius 2 is 2.12 bits per heavy atom. The Morgan fingerprint density at radius 1 is 1.31 bits per heavy atom. The maximum Gasteiger partial charge on any atom is 0.179 e. The lowest BCUT2D eigenvalue weighted by molar-refractivity contribution is 0.0968. The van der Waals surface area contributed by atoms with Crippen molar-refractivity contribution in [3.05, 3.63) is 34.2 Å². The number of benzene rings is 1. The molecule has 0 bridgehead atoms. The van der Waals surface area contributed by atoms with E-state index in [0.29, 0.717) is 28.0 Å². The Hall–Kier alpha value is -1.35. The average Bonchev–Trinajstić information content (AvgIpc) is 2.66. The van der Waals surface area contributed by atoms with Crippen molar-refractivity contribution >= 4 is 28.3 Å². The molecule has 0 saturated heterocycles. The molecular formula is C12H9ClFNO. The molecule has 16 heavy (non-hydrogen) atoms. The summed E-state index contributed by atoms with van der Waals surface area (Å²) in [6.07, 6.45) is 2.04. The SMILES string of the molecule is O=C1CCCc2c1[nH]c1c(Cl)ccc(F)c21. The third kappa shape index (κ3) is 1.21. The molecule has 1 aliphatic rings. The van der Waals surface area contributed by atoms with Gasteiger partial charge in [0.25, 0.3) is 0 Å². The highest BCUT2D eigenvalue weighted by atomic mass is 35.5. The summed E-state index contributed by atoms with van der Waals surface area (Å²) in [6, 6.07) is 2.85.